The molecule has 0 radical (unpaired) electrons. The Kier molecular flexibility index (Phi) is 8.34. The maximum Gasteiger partial charge on any atom is 0.411 e. The van der Waals surface area contributed by atoms with Crippen molar-refractivity contribution in [3.05, 3.63) is 107 Å². The maximum atomic E-state index is 13.3. The number of rotatable bonds is 9. The number of carbonyl (C=O) groups is 3. The Morgan fingerprint density at radius 1 is 0.889 bits per heavy atom. The van der Waals surface area contributed by atoms with Crippen LogP contribution in [-0.4, -0.2) is 40.1 Å². The summed E-state index contributed by atoms with van der Waals surface area (Å²) in [6, 6.07) is 24.8. The molecule has 3 aromatic rings. The first-order valence-corrected chi connectivity index (χ1v) is 12.1. The van der Waals surface area contributed by atoms with E-state index in [0.29, 0.717) is 12.8 Å². The van der Waals surface area contributed by atoms with Gasteiger partial charge in [-0.15, -0.1) is 0 Å². The van der Waals surface area contributed by atoms with E-state index in [0.717, 1.165) is 28.7 Å². The molecule has 2 N–H and O–H groups in total. The second kappa shape index (κ2) is 12.0. The predicted molar refractivity (Wildman–Crippen MR) is 135 cm³/mol. The van der Waals surface area contributed by atoms with Gasteiger partial charge in [-0.2, -0.15) is 0 Å². The first-order chi connectivity index (χ1) is 17.5. The molecule has 0 bridgehead atoms. The van der Waals surface area contributed by atoms with Crippen LogP contribution in [0.1, 0.15) is 35.1 Å². The molecular weight excluding hydrogens is 456 g/mol. The summed E-state index contributed by atoms with van der Waals surface area (Å²) in [7, 11) is 0. The molecule has 2 amide bonds. The monoisotopic (exact) mass is 486 g/mol. The Balaban J connectivity index is 1.43. The lowest BCUT2D eigenvalue weighted by molar-refractivity contribution is -0.143. The molecule has 1 aliphatic heterocycles. The van der Waals surface area contributed by atoms with Gasteiger partial charge in [-0.3, -0.25) is 9.69 Å². The third kappa shape index (κ3) is 6.50. The van der Waals surface area contributed by atoms with Crippen LogP contribution >= 0.6 is 0 Å². The minimum Gasteiger partial charge on any atom is -0.480 e. The van der Waals surface area contributed by atoms with Crippen molar-refractivity contribution in [2.75, 3.05) is 0 Å². The molecule has 7 heteroatoms. The minimum absolute atomic E-state index is 0.0867. The summed E-state index contributed by atoms with van der Waals surface area (Å²) >= 11 is 0. The topological polar surface area (TPSA) is 95.9 Å². The fourth-order valence-electron chi connectivity index (χ4n) is 4.43. The Morgan fingerprint density at radius 2 is 1.50 bits per heavy atom. The molecule has 0 unspecified atom stereocenters. The van der Waals surface area contributed by atoms with Gasteiger partial charge in [0.15, 0.2) is 0 Å². The number of carbonyl (C=O) groups excluding carboxylic acids is 2. The third-order valence-corrected chi connectivity index (χ3v) is 6.41. The minimum atomic E-state index is -1.09. The zero-order valence-corrected chi connectivity index (χ0v) is 20.0. The molecule has 0 saturated heterocycles. The smallest absolute Gasteiger partial charge is 0.411 e. The zero-order chi connectivity index (χ0) is 25.3. The number of aliphatic carboxylic acids is 1. The van der Waals surface area contributed by atoms with E-state index in [4.69, 9.17) is 4.74 Å². The van der Waals surface area contributed by atoms with Crippen LogP contribution in [0, 0.1) is 0 Å². The van der Waals surface area contributed by atoms with E-state index >= 15 is 0 Å². The molecule has 0 aromatic heterocycles. The van der Waals surface area contributed by atoms with Crippen molar-refractivity contribution in [1.82, 2.24) is 10.2 Å². The molecule has 3 aromatic carbocycles. The molecule has 0 aliphatic carbocycles. The third-order valence-electron chi connectivity index (χ3n) is 6.41. The molecule has 0 spiro atoms. The Morgan fingerprint density at radius 3 is 2.17 bits per heavy atom. The Bertz CT molecular complexity index is 1180. The lowest BCUT2D eigenvalue weighted by Crippen LogP contribution is -2.55. The Labute approximate surface area is 210 Å². The number of benzene rings is 3. The van der Waals surface area contributed by atoms with Crippen LogP contribution in [0.5, 0.6) is 0 Å². The summed E-state index contributed by atoms with van der Waals surface area (Å²) in [5, 5.41) is 12.4. The van der Waals surface area contributed by atoms with Gasteiger partial charge in [0, 0.05) is 6.42 Å². The van der Waals surface area contributed by atoms with Crippen molar-refractivity contribution in [3.8, 4) is 0 Å². The zero-order valence-electron chi connectivity index (χ0n) is 20.0. The highest BCUT2D eigenvalue weighted by molar-refractivity contribution is 5.90. The standard InChI is InChI=1S/C29H30N2O5/c32-27(30-25(28(33)34)17-9-14-21-10-3-1-4-11-21)26-18-23-15-7-8-16-24(23)19-31(26)29(35)36-20-22-12-5-2-6-13-22/h1-8,10-13,15-16,25-26H,9,14,17-20H2,(H,30,32)(H,33,34)/t25-,26+/m1/s1. The normalized spacial score (nSPS) is 15.4. The highest BCUT2D eigenvalue weighted by Gasteiger charge is 2.37. The van der Waals surface area contributed by atoms with Gasteiger partial charge >= 0.3 is 12.1 Å². The number of ether oxygens (including phenoxy) is 1. The van der Waals surface area contributed by atoms with E-state index < -0.39 is 30.1 Å². The fraction of sp³-hybridized carbons (Fsp3) is 0.276. The van der Waals surface area contributed by atoms with Gasteiger partial charge in [0.2, 0.25) is 5.91 Å². The van der Waals surface area contributed by atoms with E-state index in [-0.39, 0.29) is 19.6 Å². The van der Waals surface area contributed by atoms with Gasteiger partial charge in [-0.05, 0) is 41.5 Å². The molecule has 1 aliphatic rings. The molecule has 36 heavy (non-hydrogen) atoms. The van der Waals surface area contributed by atoms with Gasteiger partial charge in [-0.25, -0.2) is 9.59 Å². The average Bonchev–Trinajstić information content (AvgIpc) is 2.91. The van der Waals surface area contributed by atoms with E-state index in [1.807, 2.05) is 84.9 Å². The fourth-order valence-corrected chi connectivity index (χ4v) is 4.43. The van der Waals surface area contributed by atoms with E-state index in [1.54, 1.807) is 0 Å². The number of carboxylic acids is 1. The first kappa shape index (κ1) is 25.0. The number of hydrogen-bond acceptors (Lipinski definition) is 4. The number of amides is 2. The van der Waals surface area contributed by atoms with Crippen LogP contribution in [0.25, 0.3) is 0 Å². The summed E-state index contributed by atoms with van der Waals surface area (Å²) in [6.45, 7) is 0.303. The van der Waals surface area contributed by atoms with Crippen LogP contribution < -0.4 is 5.32 Å². The van der Waals surface area contributed by atoms with Crippen molar-refractivity contribution in [1.29, 1.82) is 0 Å². The summed E-state index contributed by atoms with van der Waals surface area (Å²) in [5.74, 6) is -1.58. The molecule has 2 atom stereocenters. The molecule has 186 valence electrons. The summed E-state index contributed by atoms with van der Waals surface area (Å²) in [5.41, 5.74) is 3.86. The summed E-state index contributed by atoms with van der Waals surface area (Å²) < 4.78 is 5.52. The Hall–Kier alpha value is -4.13. The molecular formula is C29H30N2O5. The van der Waals surface area contributed by atoms with E-state index in [2.05, 4.69) is 5.32 Å². The number of hydrogen-bond donors (Lipinski definition) is 2. The van der Waals surface area contributed by atoms with Crippen molar-refractivity contribution >= 4 is 18.0 Å². The van der Waals surface area contributed by atoms with Gasteiger partial charge < -0.3 is 15.2 Å². The lowest BCUT2D eigenvalue weighted by Gasteiger charge is -2.35. The van der Waals surface area contributed by atoms with Crippen LogP contribution in [0.4, 0.5) is 4.79 Å². The number of nitrogens with one attached hydrogen (secondary N) is 1. The van der Waals surface area contributed by atoms with E-state index in [1.165, 1.54) is 4.90 Å². The number of fused-ring (bicyclic) bond motifs is 1. The maximum absolute atomic E-state index is 13.3. The van der Waals surface area contributed by atoms with Crippen molar-refractivity contribution in [3.63, 3.8) is 0 Å². The SMILES string of the molecule is O=C(O)[C@@H](CCCc1ccccc1)NC(=O)[C@@H]1Cc2ccccc2CN1C(=O)OCc1ccccc1. The van der Waals surface area contributed by atoms with Crippen molar-refractivity contribution in [2.45, 2.75) is 50.9 Å². The van der Waals surface area contributed by atoms with Crippen LogP contribution in [-0.2, 0) is 40.3 Å². The molecule has 4 rings (SSSR count). The average molecular weight is 487 g/mol. The molecule has 1 heterocycles. The van der Waals surface area contributed by atoms with Crippen LogP contribution in [0.3, 0.4) is 0 Å². The van der Waals surface area contributed by atoms with Gasteiger partial charge in [0.25, 0.3) is 0 Å². The van der Waals surface area contributed by atoms with Crippen LogP contribution in [0.2, 0.25) is 0 Å². The second-order valence-electron chi connectivity index (χ2n) is 8.93. The second-order valence-corrected chi connectivity index (χ2v) is 8.93. The summed E-state index contributed by atoms with van der Waals surface area (Å²) in [6.07, 6.45) is 1.30. The quantitative estimate of drug-likeness (QED) is 0.469. The number of aryl methyl sites for hydroxylation is 1. The van der Waals surface area contributed by atoms with Gasteiger partial charge in [0.05, 0.1) is 6.54 Å². The molecule has 0 fully saturated rings. The largest absolute Gasteiger partial charge is 0.480 e. The highest BCUT2D eigenvalue weighted by Crippen LogP contribution is 2.25. The number of carboxylic acid groups (broad SMARTS) is 1. The lowest BCUT2D eigenvalue weighted by atomic mass is 9.93. The van der Waals surface area contributed by atoms with Crippen molar-refractivity contribution in [2.24, 2.45) is 0 Å². The van der Waals surface area contributed by atoms with E-state index in [9.17, 15) is 19.5 Å². The summed E-state index contributed by atoms with van der Waals surface area (Å²) in [4.78, 5) is 39.7. The van der Waals surface area contributed by atoms with Crippen molar-refractivity contribution < 1.29 is 24.2 Å². The predicted octanol–water partition coefficient (Wildman–Crippen LogP) is 4.34. The van der Waals surface area contributed by atoms with Gasteiger partial charge in [-0.1, -0.05) is 84.9 Å². The first-order valence-electron chi connectivity index (χ1n) is 12.1. The molecule has 0 saturated carbocycles. The van der Waals surface area contributed by atoms with Crippen LogP contribution in [0.15, 0.2) is 84.9 Å². The molecule has 7 nitrogen and oxygen atoms in total. The highest BCUT2D eigenvalue weighted by atomic mass is 16.6. The number of nitrogens with zero attached hydrogens (tertiary/aromatic N) is 1. The van der Waals surface area contributed by atoms with Gasteiger partial charge in [0.1, 0.15) is 18.7 Å².